The first-order valence-electron chi connectivity index (χ1n) is 10.3. The second-order valence-electron chi connectivity index (χ2n) is 8.40. The smallest absolute Gasteiger partial charge is 0.326 e. The van der Waals surface area contributed by atoms with E-state index in [2.05, 4.69) is 16.7 Å². The molecular weight excluding hydrogens is 376 g/mol. The third kappa shape index (κ3) is 4.21. The zero-order valence-corrected chi connectivity index (χ0v) is 16.8. The number of rotatable bonds is 5. The lowest BCUT2D eigenvalue weighted by molar-refractivity contribution is -0.151. The maximum Gasteiger partial charge on any atom is 0.326 e. The summed E-state index contributed by atoms with van der Waals surface area (Å²) in [6, 6.07) is 1.56. The van der Waals surface area contributed by atoms with Crippen molar-refractivity contribution >= 4 is 23.8 Å². The van der Waals surface area contributed by atoms with Gasteiger partial charge in [0.25, 0.3) is 11.8 Å². The van der Waals surface area contributed by atoms with Crippen LogP contribution in [0, 0.1) is 17.2 Å². The molecular formula is C20H28N4O5. The SMILES string of the molecule is C[C@H]1CCCC[C@]12NC(=O)N(CC(=O)OCC(=O)NC1(C#N)CCCCC1)C2=O. The van der Waals surface area contributed by atoms with Crippen LogP contribution in [0.4, 0.5) is 4.79 Å². The summed E-state index contributed by atoms with van der Waals surface area (Å²) in [7, 11) is 0. The number of esters is 1. The van der Waals surface area contributed by atoms with Gasteiger partial charge in [0.1, 0.15) is 17.6 Å². The van der Waals surface area contributed by atoms with Gasteiger partial charge in [-0.3, -0.25) is 19.3 Å². The van der Waals surface area contributed by atoms with Crippen molar-refractivity contribution in [2.45, 2.75) is 75.8 Å². The molecule has 1 saturated heterocycles. The molecule has 3 fully saturated rings. The number of hydrogen-bond donors (Lipinski definition) is 2. The molecule has 0 aromatic carbocycles. The number of nitrogens with zero attached hydrogens (tertiary/aromatic N) is 2. The Morgan fingerprint density at radius 1 is 1.21 bits per heavy atom. The summed E-state index contributed by atoms with van der Waals surface area (Å²) in [5.74, 6) is -1.80. The maximum absolute atomic E-state index is 12.8. The molecule has 3 aliphatic rings. The van der Waals surface area contributed by atoms with E-state index in [-0.39, 0.29) is 5.92 Å². The lowest BCUT2D eigenvalue weighted by Crippen LogP contribution is -2.54. The van der Waals surface area contributed by atoms with Crippen molar-refractivity contribution in [3.63, 3.8) is 0 Å². The van der Waals surface area contributed by atoms with Gasteiger partial charge in [0.15, 0.2) is 6.61 Å². The topological polar surface area (TPSA) is 129 Å². The highest BCUT2D eigenvalue weighted by molar-refractivity contribution is 6.09. The molecule has 2 aliphatic carbocycles. The van der Waals surface area contributed by atoms with Gasteiger partial charge in [-0.2, -0.15) is 5.26 Å². The zero-order chi connectivity index (χ0) is 21.1. The molecule has 2 atom stereocenters. The van der Waals surface area contributed by atoms with Crippen molar-refractivity contribution < 1.29 is 23.9 Å². The molecule has 0 aromatic heterocycles. The largest absolute Gasteiger partial charge is 0.454 e. The van der Waals surface area contributed by atoms with E-state index >= 15 is 0 Å². The van der Waals surface area contributed by atoms with Crippen LogP contribution in [0.1, 0.15) is 64.7 Å². The van der Waals surface area contributed by atoms with Crippen LogP contribution < -0.4 is 10.6 Å². The normalized spacial score (nSPS) is 28.6. The molecule has 4 amide bonds. The number of hydrogen-bond acceptors (Lipinski definition) is 6. The van der Waals surface area contributed by atoms with Crippen LogP contribution in [-0.2, 0) is 19.1 Å². The summed E-state index contributed by atoms with van der Waals surface area (Å²) >= 11 is 0. The average Bonchev–Trinajstić information content (AvgIpc) is 2.94. The maximum atomic E-state index is 12.8. The number of carbonyl (C=O) groups excluding carboxylic acids is 4. The predicted octanol–water partition coefficient (Wildman–Crippen LogP) is 1.37. The Bertz CT molecular complexity index is 740. The van der Waals surface area contributed by atoms with Crippen LogP contribution in [-0.4, -0.2) is 52.9 Å². The summed E-state index contributed by atoms with van der Waals surface area (Å²) in [6.45, 7) is 0.850. The van der Waals surface area contributed by atoms with E-state index in [1.165, 1.54) is 0 Å². The van der Waals surface area contributed by atoms with Crippen molar-refractivity contribution in [3.05, 3.63) is 0 Å². The Labute approximate surface area is 170 Å². The minimum atomic E-state index is -0.937. The van der Waals surface area contributed by atoms with Crippen LogP contribution in [0.25, 0.3) is 0 Å². The molecule has 1 heterocycles. The highest BCUT2D eigenvalue weighted by Gasteiger charge is 2.55. The van der Waals surface area contributed by atoms with E-state index in [4.69, 9.17) is 4.74 Å². The zero-order valence-electron chi connectivity index (χ0n) is 16.8. The Morgan fingerprint density at radius 2 is 1.90 bits per heavy atom. The number of amides is 4. The number of carbonyl (C=O) groups is 4. The van der Waals surface area contributed by atoms with Gasteiger partial charge in [-0.25, -0.2) is 4.79 Å². The molecule has 0 bridgehead atoms. The van der Waals surface area contributed by atoms with Crippen molar-refractivity contribution in [2.24, 2.45) is 5.92 Å². The lowest BCUT2D eigenvalue weighted by atomic mass is 9.73. The summed E-state index contributed by atoms with van der Waals surface area (Å²) in [6.07, 6.45) is 7.15. The molecule has 1 aliphatic heterocycles. The van der Waals surface area contributed by atoms with Gasteiger partial charge < -0.3 is 15.4 Å². The van der Waals surface area contributed by atoms with Crippen LogP contribution in [0.15, 0.2) is 0 Å². The molecule has 9 heteroatoms. The molecule has 0 aromatic rings. The lowest BCUT2D eigenvalue weighted by Gasteiger charge is -2.36. The van der Waals surface area contributed by atoms with E-state index in [1.54, 1.807) is 0 Å². The molecule has 9 nitrogen and oxygen atoms in total. The number of imide groups is 1. The van der Waals surface area contributed by atoms with Gasteiger partial charge in [0, 0.05) is 0 Å². The minimum Gasteiger partial charge on any atom is -0.454 e. The van der Waals surface area contributed by atoms with Gasteiger partial charge in [-0.05, 0) is 31.6 Å². The van der Waals surface area contributed by atoms with E-state index in [1.807, 2.05) is 6.92 Å². The highest BCUT2D eigenvalue weighted by atomic mass is 16.5. The molecule has 158 valence electrons. The van der Waals surface area contributed by atoms with Gasteiger partial charge in [-0.1, -0.05) is 39.0 Å². The second-order valence-corrected chi connectivity index (χ2v) is 8.40. The van der Waals surface area contributed by atoms with Gasteiger partial charge in [0.2, 0.25) is 0 Å². The van der Waals surface area contributed by atoms with Crippen LogP contribution in [0.3, 0.4) is 0 Å². The molecule has 29 heavy (non-hydrogen) atoms. The third-order valence-electron chi connectivity index (χ3n) is 6.45. The van der Waals surface area contributed by atoms with Crippen LogP contribution in [0.5, 0.6) is 0 Å². The Balaban J connectivity index is 1.52. The van der Waals surface area contributed by atoms with Crippen molar-refractivity contribution in [2.75, 3.05) is 13.2 Å². The second kappa shape index (κ2) is 8.39. The van der Waals surface area contributed by atoms with E-state index in [0.717, 1.165) is 43.4 Å². The number of nitriles is 1. The molecule has 1 spiro atoms. The minimum absolute atomic E-state index is 0.00263. The fourth-order valence-electron chi connectivity index (χ4n) is 4.68. The predicted molar refractivity (Wildman–Crippen MR) is 101 cm³/mol. The quantitative estimate of drug-likeness (QED) is 0.526. The molecule has 3 rings (SSSR count). The summed E-state index contributed by atoms with van der Waals surface area (Å²) in [4.78, 5) is 50.3. The summed E-state index contributed by atoms with van der Waals surface area (Å²) in [5, 5.41) is 14.8. The van der Waals surface area contributed by atoms with E-state index < -0.39 is 48.0 Å². The monoisotopic (exact) mass is 404 g/mol. The standard InChI is InChI=1S/C20H28N4O5/c1-14-7-3-6-10-20(14)17(27)24(18(28)23-20)11-16(26)29-12-15(25)22-19(13-21)8-4-2-5-9-19/h14H,2-12H2,1H3,(H,22,25)(H,23,28)/t14-,20-/m0/s1. The van der Waals surface area contributed by atoms with Crippen molar-refractivity contribution in [1.29, 1.82) is 5.26 Å². The molecule has 0 unspecified atom stereocenters. The Morgan fingerprint density at radius 3 is 2.55 bits per heavy atom. The van der Waals surface area contributed by atoms with E-state index in [0.29, 0.717) is 19.3 Å². The summed E-state index contributed by atoms with van der Waals surface area (Å²) in [5.41, 5.74) is -1.84. The summed E-state index contributed by atoms with van der Waals surface area (Å²) < 4.78 is 4.96. The fraction of sp³-hybridized carbons (Fsp3) is 0.750. The average molecular weight is 404 g/mol. The number of urea groups is 1. The Kier molecular flexibility index (Phi) is 6.10. The van der Waals surface area contributed by atoms with Gasteiger partial charge >= 0.3 is 12.0 Å². The molecule has 2 saturated carbocycles. The highest BCUT2D eigenvalue weighted by Crippen LogP contribution is 2.38. The first kappa shape index (κ1) is 21.1. The van der Waals surface area contributed by atoms with E-state index in [9.17, 15) is 24.4 Å². The first-order valence-corrected chi connectivity index (χ1v) is 10.3. The molecule has 2 N–H and O–H groups in total. The first-order chi connectivity index (χ1) is 13.8. The molecule has 0 radical (unpaired) electrons. The van der Waals surface area contributed by atoms with Gasteiger partial charge in [-0.15, -0.1) is 0 Å². The van der Waals surface area contributed by atoms with Gasteiger partial charge in [0.05, 0.1) is 6.07 Å². The van der Waals surface area contributed by atoms with Crippen LogP contribution in [0.2, 0.25) is 0 Å². The van der Waals surface area contributed by atoms with Crippen LogP contribution >= 0.6 is 0 Å². The van der Waals surface area contributed by atoms with Crippen molar-refractivity contribution in [3.8, 4) is 6.07 Å². The third-order valence-corrected chi connectivity index (χ3v) is 6.45. The number of ether oxygens (including phenoxy) is 1. The Hall–Kier alpha value is -2.63. The van der Waals surface area contributed by atoms with Crippen molar-refractivity contribution in [1.82, 2.24) is 15.5 Å². The fourth-order valence-corrected chi connectivity index (χ4v) is 4.68. The number of nitrogens with one attached hydrogen (secondary N) is 2.